The smallest absolute Gasteiger partial charge is 0.407 e. The molecule has 2 bridgehead atoms. The molecule has 0 radical (unpaired) electrons. The lowest BCUT2D eigenvalue weighted by molar-refractivity contribution is -0.0340. The minimum absolute atomic E-state index is 0.0494. The summed E-state index contributed by atoms with van der Waals surface area (Å²) in [6.07, 6.45) is 5.26. The lowest BCUT2D eigenvalue weighted by atomic mass is 9.85. The van der Waals surface area contributed by atoms with Gasteiger partial charge in [0.15, 0.2) is 0 Å². The maximum absolute atomic E-state index is 12.7. The molecule has 3 fully saturated rings. The number of rotatable bonds is 4. The summed E-state index contributed by atoms with van der Waals surface area (Å²) in [7, 11) is 0. The molecule has 31 heavy (non-hydrogen) atoms. The van der Waals surface area contributed by atoms with Crippen LogP contribution in [0.1, 0.15) is 68.2 Å². The first-order valence-corrected chi connectivity index (χ1v) is 12.0. The predicted octanol–water partition coefficient (Wildman–Crippen LogP) is 5.67. The number of aryl methyl sites for hydroxylation is 1. The van der Waals surface area contributed by atoms with Gasteiger partial charge >= 0.3 is 6.09 Å². The zero-order chi connectivity index (χ0) is 21.4. The molecule has 0 saturated carbocycles. The van der Waals surface area contributed by atoms with E-state index in [0.29, 0.717) is 11.8 Å². The summed E-state index contributed by atoms with van der Waals surface area (Å²) in [5, 5.41) is 3.19. The SMILES string of the molecule is CC(C)c1cccc(-c2ccc3c(c2)CCCC3NC(=O)O[C@@H]2CN3CCC2CC3)c1. The Kier molecular flexibility index (Phi) is 5.75. The van der Waals surface area contributed by atoms with Crippen molar-refractivity contribution in [2.24, 2.45) is 5.92 Å². The Balaban J connectivity index is 1.29. The number of ether oxygens (including phenoxy) is 1. The molecule has 4 aliphatic rings. The molecule has 0 spiro atoms. The Hall–Kier alpha value is -2.33. The molecule has 2 aromatic carbocycles. The van der Waals surface area contributed by atoms with Crippen molar-refractivity contribution in [1.29, 1.82) is 0 Å². The number of piperidine rings is 3. The van der Waals surface area contributed by atoms with Crippen molar-refractivity contribution >= 4 is 6.09 Å². The van der Waals surface area contributed by atoms with Crippen LogP contribution in [0.15, 0.2) is 42.5 Å². The third-order valence-electron chi connectivity index (χ3n) is 7.49. The van der Waals surface area contributed by atoms with E-state index >= 15 is 0 Å². The number of benzene rings is 2. The summed E-state index contributed by atoms with van der Waals surface area (Å²) < 4.78 is 5.88. The van der Waals surface area contributed by atoms with Crippen LogP contribution in [0.4, 0.5) is 4.79 Å². The van der Waals surface area contributed by atoms with E-state index in [2.05, 4.69) is 66.5 Å². The van der Waals surface area contributed by atoms with Crippen LogP contribution in [0.25, 0.3) is 11.1 Å². The van der Waals surface area contributed by atoms with Crippen molar-refractivity contribution in [3.63, 3.8) is 0 Å². The summed E-state index contributed by atoms with van der Waals surface area (Å²) >= 11 is 0. The van der Waals surface area contributed by atoms with Gasteiger partial charge in [-0.15, -0.1) is 0 Å². The van der Waals surface area contributed by atoms with Gasteiger partial charge in [0, 0.05) is 6.54 Å². The Morgan fingerprint density at radius 2 is 1.87 bits per heavy atom. The Bertz CT molecular complexity index is 946. The molecule has 0 aromatic heterocycles. The number of hydrogen-bond donors (Lipinski definition) is 1. The second-order valence-electron chi connectivity index (χ2n) is 9.86. The van der Waals surface area contributed by atoms with E-state index in [0.717, 1.165) is 51.7 Å². The zero-order valence-electron chi connectivity index (χ0n) is 18.8. The van der Waals surface area contributed by atoms with Crippen LogP contribution < -0.4 is 5.32 Å². The summed E-state index contributed by atoms with van der Waals surface area (Å²) in [5.41, 5.74) is 6.50. The molecule has 3 aliphatic heterocycles. The fraction of sp³-hybridized carbons (Fsp3) is 0.519. The number of fused-ring (bicyclic) bond motifs is 4. The first-order valence-electron chi connectivity index (χ1n) is 12.0. The molecule has 4 nitrogen and oxygen atoms in total. The van der Waals surface area contributed by atoms with E-state index in [1.54, 1.807) is 0 Å². The number of nitrogens with one attached hydrogen (secondary N) is 1. The van der Waals surface area contributed by atoms with Crippen LogP contribution >= 0.6 is 0 Å². The zero-order valence-corrected chi connectivity index (χ0v) is 18.8. The molecule has 1 amide bonds. The summed E-state index contributed by atoms with van der Waals surface area (Å²) in [4.78, 5) is 15.1. The standard InChI is InChI=1S/C27H34N2O2/c1-18(2)20-5-3-6-21(15-20)22-9-10-24-23(16-22)7-4-8-25(24)28-27(30)31-26-17-29-13-11-19(26)12-14-29/h3,5-6,9-10,15-16,18-19,25-26H,4,7-8,11-14,17H2,1-2H3,(H,28,30)/t25?,26-/m1/s1. The van der Waals surface area contributed by atoms with Gasteiger partial charge in [0.05, 0.1) is 6.04 Å². The van der Waals surface area contributed by atoms with E-state index < -0.39 is 0 Å². The number of carbonyl (C=O) groups is 1. The minimum Gasteiger partial charge on any atom is -0.445 e. The predicted molar refractivity (Wildman–Crippen MR) is 124 cm³/mol. The number of carbonyl (C=O) groups excluding carboxylic acids is 1. The normalized spacial score (nSPS) is 27.1. The lowest BCUT2D eigenvalue weighted by Crippen LogP contribution is -2.52. The lowest BCUT2D eigenvalue weighted by Gasteiger charge is -2.44. The van der Waals surface area contributed by atoms with Crippen molar-refractivity contribution in [1.82, 2.24) is 10.2 Å². The molecule has 164 valence electrons. The minimum atomic E-state index is -0.245. The van der Waals surface area contributed by atoms with Crippen molar-refractivity contribution < 1.29 is 9.53 Å². The molecule has 6 rings (SSSR count). The maximum Gasteiger partial charge on any atom is 0.407 e. The highest BCUT2D eigenvalue weighted by atomic mass is 16.6. The van der Waals surface area contributed by atoms with E-state index in [-0.39, 0.29) is 18.2 Å². The van der Waals surface area contributed by atoms with Crippen LogP contribution in [-0.2, 0) is 11.2 Å². The number of amides is 1. The Morgan fingerprint density at radius 3 is 2.61 bits per heavy atom. The largest absolute Gasteiger partial charge is 0.445 e. The summed E-state index contributed by atoms with van der Waals surface area (Å²) in [6.45, 7) is 7.68. The van der Waals surface area contributed by atoms with Crippen molar-refractivity contribution in [2.75, 3.05) is 19.6 Å². The molecule has 1 unspecified atom stereocenters. The van der Waals surface area contributed by atoms with Crippen LogP contribution in [0.2, 0.25) is 0 Å². The average Bonchev–Trinajstić information content (AvgIpc) is 2.80. The first-order chi connectivity index (χ1) is 15.1. The van der Waals surface area contributed by atoms with E-state index in [1.165, 1.54) is 27.8 Å². The monoisotopic (exact) mass is 418 g/mol. The van der Waals surface area contributed by atoms with Gasteiger partial charge in [-0.1, -0.05) is 56.3 Å². The van der Waals surface area contributed by atoms with Gasteiger partial charge in [0.25, 0.3) is 0 Å². The van der Waals surface area contributed by atoms with Gasteiger partial charge in [-0.2, -0.15) is 0 Å². The van der Waals surface area contributed by atoms with Gasteiger partial charge in [-0.3, -0.25) is 4.90 Å². The second-order valence-corrected chi connectivity index (χ2v) is 9.86. The van der Waals surface area contributed by atoms with Crippen LogP contribution in [0.3, 0.4) is 0 Å². The highest BCUT2D eigenvalue weighted by Gasteiger charge is 2.37. The van der Waals surface area contributed by atoms with E-state index in [9.17, 15) is 4.79 Å². The summed E-state index contributed by atoms with van der Waals surface area (Å²) in [6, 6.07) is 15.6. The first kappa shape index (κ1) is 20.6. The van der Waals surface area contributed by atoms with Crippen LogP contribution in [0, 0.1) is 5.92 Å². The van der Waals surface area contributed by atoms with Crippen molar-refractivity contribution in [3.8, 4) is 11.1 Å². The quantitative estimate of drug-likeness (QED) is 0.695. The molecule has 2 aromatic rings. The molecular formula is C27H34N2O2. The number of nitrogens with zero attached hydrogens (tertiary/aromatic N) is 1. The Morgan fingerprint density at radius 1 is 1.06 bits per heavy atom. The fourth-order valence-corrected chi connectivity index (χ4v) is 5.58. The molecule has 1 aliphatic carbocycles. The van der Waals surface area contributed by atoms with Gasteiger partial charge < -0.3 is 10.1 Å². The van der Waals surface area contributed by atoms with Crippen LogP contribution in [-0.4, -0.2) is 36.7 Å². The van der Waals surface area contributed by atoms with E-state index in [4.69, 9.17) is 4.74 Å². The number of alkyl carbamates (subject to hydrolysis) is 1. The maximum atomic E-state index is 12.7. The second kappa shape index (κ2) is 8.66. The fourth-order valence-electron chi connectivity index (χ4n) is 5.58. The molecule has 3 heterocycles. The third kappa shape index (κ3) is 4.36. The summed E-state index contributed by atoms with van der Waals surface area (Å²) in [5.74, 6) is 1.06. The van der Waals surface area contributed by atoms with Gasteiger partial charge in [-0.25, -0.2) is 4.79 Å². The highest BCUT2D eigenvalue weighted by molar-refractivity contribution is 5.69. The third-order valence-corrected chi connectivity index (χ3v) is 7.49. The molecule has 2 atom stereocenters. The number of hydrogen-bond acceptors (Lipinski definition) is 3. The molecule has 3 saturated heterocycles. The highest BCUT2D eigenvalue weighted by Crippen LogP contribution is 2.34. The van der Waals surface area contributed by atoms with Gasteiger partial charge in [-0.05, 0) is 84.8 Å². The van der Waals surface area contributed by atoms with E-state index in [1.807, 2.05) is 0 Å². The topological polar surface area (TPSA) is 41.6 Å². The van der Waals surface area contributed by atoms with Gasteiger partial charge in [0.2, 0.25) is 0 Å². The van der Waals surface area contributed by atoms with Gasteiger partial charge in [0.1, 0.15) is 6.10 Å². The van der Waals surface area contributed by atoms with Crippen molar-refractivity contribution in [2.45, 2.75) is 64.0 Å². The molecular weight excluding hydrogens is 384 g/mol. The van der Waals surface area contributed by atoms with Crippen molar-refractivity contribution in [3.05, 3.63) is 59.2 Å². The average molecular weight is 419 g/mol. The Labute approximate surface area is 186 Å². The van der Waals surface area contributed by atoms with Crippen LogP contribution in [0.5, 0.6) is 0 Å². The molecule has 1 N–H and O–H groups in total. The molecule has 4 heteroatoms.